The Bertz CT molecular complexity index is 445. The predicted molar refractivity (Wildman–Crippen MR) is 79.3 cm³/mol. The van der Waals surface area contributed by atoms with Crippen LogP contribution in [0.5, 0.6) is 0 Å². The van der Waals surface area contributed by atoms with Crippen molar-refractivity contribution in [1.82, 2.24) is 5.32 Å². The molecular weight excluding hydrogens is 281 g/mol. The van der Waals surface area contributed by atoms with E-state index in [0.717, 1.165) is 12.0 Å². The summed E-state index contributed by atoms with van der Waals surface area (Å²) in [5.41, 5.74) is 1.12. The fourth-order valence-corrected chi connectivity index (χ4v) is 2.71. The van der Waals surface area contributed by atoms with Gasteiger partial charge in [-0.3, -0.25) is 4.79 Å². The standard InChI is InChI=1S/C15H19Cl2NO/c1-10(2)8-13(11-6-4-3-5-7-11)18-14(19)12-9-15(12,16)17/h3-7,10,12-13H,8-9H2,1-2H3,(H,18,19). The van der Waals surface area contributed by atoms with Crippen molar-refractivity contribution in [2.24, 2.45) is 11.8 Å². The van der Waals surface area contributed by atoms with Gasteiger partial charge in [-0.05, 0) is 24.3 Å². The second-order valence-electron chi connectivity index (χ2n) is 5.62. The van der Waals surface area contributed by atoms with E-state index in [-0.39, 0.29) is 17.9 Å². The van der Waals surface area contributed by atoms with Gasteiger partial charge in [-0.2, -0.15) is 0 Å². The number of benzene rings is 1. The van der Waals surface area contributed by atoms with E-state index in [1.807, 2.05) is 30.3 Å². The lowest BCUT2D eigenvalue weighted by molar-refractivity contribution is -0.123. The third kappa shape index (κ3) is 3.87. The van der Waals surface area contributed by atoms with Crippen LogP contribution in [0.2, 0.25) is 0 Å². The molecule has 1 N–H and O–H groups in total. The van der Waals surface area contributed by atoms with Crippen LogP contribution in [0.15, 0.2) is 30.3 Å². The molecule has 1 fully saturated rings. The third-order valence-corrected chi connectivity index (χ3v) is 4.20. The SMILES string of the molecule is CC(C)CC(NC(=O)C1CC1(Cl)Cl)c1ccccc1. The minimum absolute atomic E-state index is 0.0263. The highest BCUT2D eigenvalue weighted by Crippen LogP contribution is 2.53. The van der Waals surface area contributed by atoms with E-state index in [1.165, 1.54) is 0 Å². The van der Waals surface area contributed by atoms with Crippen LogP contribution in [0.25, 0.3) is 0 Å². The van der Waals surface area contributed by atoms with Gasteiger partial charge in [0, 0.05) is 0 Å². The molecule has 2 nitrogen and oxygen atoms in total. The summed E-state index contributed by atoms with van der Waals surface area (Å²) < 4.78 is -0.858. The van der Waals surface area contributed by atoms with E-state index in [2.05, 4.69) is 19.2 Å². The van der Waals surface area contributed by atoms with E-state index in [9.17, 15) is 4.79 Å². The molecule has 1 aromatic rings. The molecule has 1 aromatic carbocycles. The molecule has 0 bridgehead atoms. The molecule has 1 aliphatic rings. The fraction of sp³-hybridized carbons (Fsp3) is 0.533. The fourth-order valence-electron chi connectivity index (χ4n) is 2.21. The molecule has 0 radical (unpaired) electrons. The zero-order chi connectivity index (χ0) is 14.0. The Morgan fingerprint density at radius 1 is 1.37 bits per heavy atom. The molecular formula is C15H19Cl2NO. The van der Waals surface area contributed by atoms with Crippen LogP contribution in [-0.4, -0.2) is 10.2 Å². The first kappa shape index (κ1) is 14.7. The maximum absolute atomic E-state index is 12.1. The van der Waals surface area contributed by atoms with E-state index in [4.69, 9.17) is 23.2 Å². The molecule has 1 amide bonds. The molecule has 2 rings (SSSR count). The summed E-state index contributed by atoms with van der Waals surface area (Å²) >= 11 is 11.9. The number of nitrogens with one attached hydrogen (secondary N) is 1. The van der Waals surface area contributed by atoms with Gasteiger partial charge in [0.1, 0.15) is 4.33 Å². The van der Waals surface area contributed by atoms with Crippen molar-refractivity contribution >= 4 is 29.1 Å². The summed E-state index contributed by atoms with van der Waals surface area (Å²) in [5, 5.41) is 3.07. The largest absolute Gasteiger partial charge is 0.349 e. The molecule has 0 spiro atoms. The third-order valence-electron chi connectivity index (χ3n) is 3.37. The number of hydrogen-bond donors (Lipinski definition) is 1. The number of hydrogen-bond acceptors (Lipinski definition) is 1. The van der Waals surface area contributed by atoms with Crippen LogP contribution in [0.3, 0.4) is 0 Å². The van der Waals surface area contributed by atoms with Crippen LogP contribution in [0, 0.1) is 11.8 Å². The first-order chi connectivity index (χ1) is 8.90. The topological polar surface area (TPSA) is 29.1 Å². The van der Waals surface area contributed by atoms with Gasteiger partial charge in [0.05, 0.1) is 12.0 Å². The highest BCUT2D eigenvalue weighted by atomic mass is 35.5. The zero-order valence-corrected chi connectivity index (χ0v) is 12.7. The predicted octanol–water partition coefficient (Wildman–Crippen LogP) is 4.08. The Balaban J connectivity index is 2.05. The van der Waals surface area contributed by atoms with E-state index in [1.54, 1.807) is 0 Å². The monoisotopic (exact) mass is 299 g/mol. The van der Waals surface area contributed by atoms with Gasteiger partial charge in [0.15, 0.2) is 0 Å². The molecule has 1 aliphatic carbocycles. The van der Waals surface area contributed by atoms with E-state index in [0.29, 0.717) is 12.3 Å². The van der Waals surface area contributed by atoms with Gasteiger partial charge >= 0.3 is 0 Å². The van der Waals surface area contributed by atoms with Crippen molar-refractivity contribution in [2.45, 2.75) is 37.1 Å². The highest BCUT2D eigenvalue weighted by Gasteiger charge is 2.56. The van der Waals surface area contributed by atoms with Gasteiger partial charge < -0.3 is 5.32 Å². The van der Waals surface area contributed by atoms with Gasteiger partial charge in [-0.25, -0.2) is 0 Å². The van der Waals surface area contributed by atoms with Crippen molar-refractivity contribution in [1.29, 1.82) is 0 Å². The van der Waals surface area contributed by atoms with Gasteiger partial charge in [0.2, 0.25) is 5.91 Å². The van der Waals surface area contributed by atoms with Crippen molar-refractivity contribution in [2.75, 3.05) is 0 Å². The van der Waals surface area contributed by atoms with Crippen LogP contribution in [0.1, 0.15) is 38.3 Å². The molecule has 2 atom stereocenters. The summed E-state index contributed by atoms with van der Waals surface area (Å²) in [4.78, 5) is 12.1. The summed E-state index contributed by atoms with van der Waals surface area (Å²) in [7, 11) is 0. The van der Waals surface area contributed by atoms with Crippen LogP contribution < -0.4 is 5.32 Å². The summed E-state index contributed by atoms with van der Waals surface area (Å²) in [6.45, 7) is 4.29. The Morgan fingerprint density at radius 2 is 1.95 bits per heavy atom. The van der Waals surface area contributed by atoms with Crippen molar-refractivity contribution in [3.63, 3.8) is 0 Å². The van der Waals surface area contributed by atoms with Crippen LogP contribution in [0.4, 0.5) is 0 Å². The second kappa shape index (κ2) is 5.72. The van der Waals surface area contributed by atoms with E-state index >= 15 is 0 Å². The normalized spacial score (nSPS) is 22.1. The number of alkyl halides is 2. The lowest BCUT2D eigenvalue weighted by Crippen LogP contribution is -2.31. The molecule has 0 aromatic heterocycles. The van der Waals surface area contributed by atoms with Crippen molar-refractivity contribution in [3.8, 4) is 0 Å². The lowest BCUT2D eigenvalue weighted by Gasteiger charge is -2.21. The number of amides is 1. The minimum Gasteiger partial charge on any atom is -0.349 e. The Morgan fingerprint density at radius 3 is 2.42 bits per heavy atom. The average Bonchev–Trinajstić information content (AvgIpc) is 2.98. The van der Waals surface area contributed by atoms with Gasteiger partial charge in [0.25, 0.3) is 0 Å². The molecule has 104 valence electrons. The molecule has 0 aliphatic heterocycles. The number of rotatable bonds is 5. The van der Waals surface area contributed by atoms with Gasteiger partial charge in [-0.1, -0.05) is 44.2 Å². The second-order valence-corrected chi connectivity index (χ2v) is 7.16. The minimum atomic E-state index is -0.858. The Labute approximate surface area is 124 Å². The summed E-state index contributed by atoms with van der Waals surface area (Å²) in [6, 6.07) is 10.0. The first-order valence-corrected chi connectivity index (χ1v) is 7.39. The smallest absolute Gasteiger partial charge is 0.226 e. The zero-order valence-electron chi connectivity index (χ0n) is 11.2. The van der Waals surface area contributed by atoms with Crippen molar-refractivity contribution in [3.05, 3.63) is 35.9 Å². The molecule has 19 heavy (non-hydrogen) atoms. The Hall–Kier alpha value is -0.730. The average molecular weight is 300 g/mol. The van der Waals surface area contributed by atoms with Gasteiger partial charge in [-0.15, -0.1) is 23.2 Å². The summed E-state index contributed by atoms with van der Waals surface area (Å²) in [6.07, 6.45) is 1.45. The van der Waals surface area contributed by atoms with Crippen LogP contribution >= 0.6 is 23.2 Å². The number of carbonyl (C=O) groups is 1. The first-order valence-electron chi connectivity index (χ1n) is 6.63. The quantitative estimate of drug-likeness (QED) is 0.816. The van der Waals surface area contributed by atoms with Crippen LogP contribution in [-0.2, 0) is 4.79 Å². The molecule has 4 heteroatoms. The Kier molecular flexibility index (Phi) is 4.42. The molecule has 0 heterocycles. The van der Waals surface area contributed by atoms with E-state index < -0.39 is 4.33 Å². The summed E-state index contributed by atoms with van der Waals surface area (Å²) in [5.74, 6) is 0.190. The maximum atomic E-state index is 12.1. The van der Waals surface area contributed by atoms with Crippen molar-refractivity contribution < 1.29 is 4.79 Å². The number of halogens is 2. The maximum Gasteiger partial charge on any atom is 0.226 e. The number of carbonyl (C=O) groups excluding carboxylic acids is 1. The molecule has 0 saturated heterocycles. The highest BCUT2D eigenvalue weighted by molar-refractivity contribution is 6.52. The molecule has 1 saturated carbocycles. The molecule has 2 unspecified atom stereocenters. The lowest BCUT2D eigenvalue weighted by atomic mass is 9.97.